The molecule has 1 aliphatic rings. The van der Waals surface area contributed by atoms with Gasteiger partial charge in [-0.15, -0.1) is 0 Å². The zero-order chi connectivity index (χ0) is 16.0. The molecule has 24 heavy (non-hydrogen) atoms. The van der Waals surface area contributed by atoms with Crippen molar-refractivity contribution in [2.45, 2.75) is 24.5 Å². The molecule has 0 unspecified atom stereocenters. The molecule has 4 atom stereocenters. The van der Waals surface area contributed by atoms with E-state index in [1.54, 1.807) is 0 Å². The molecule has 2 aromatic rings. The van der Waals surface area contributed by atoms with Gasteiger partial charge in [0, 0.05) is 12.3 Å². The number of aromatic nitrogens is 3. The Kier molecular flexibility index (Phi) is 7.63. The fraction of sp³-hybridized carbons (Fsp3) is 0.417. The molecule has 3 rings (SSSR count). The smallest absolute Gasteiger partial charge is 0.394 e. The van der Waals surface area contributed by atoms with Crippen LogP contribution in [0.15, 0.2) is 26.6 Å². The van der Waals surface area contributed by atoms with Crippen LogP contribution in [-0.2, 0) is 4.74 Å². The van der Waals surface area contributed by atoms with E-state index in [0.717, 1.165) is 6.07 Å². The van der Waals surface area contributed by atoms with Crippen LogP contribution in [0.25, 0.3) is 10.9 Å². The molecule has 12 heteroatoms. The van der Waals surface area contributed by atoms with E-state index in [0.29, 0.717) is 4.68 Å². The summed E-state index contributed by atoms with van der Waals surface area (Å²) in [5.41, 5.74) is -2.51. The SMILES string of the molecule is O=c1cc[nH]c2c(=O)n([C@@H]3O[C@H](CO)[C@@H](O)[C@H]3O)[nH]c(=O)c12.[Na+].[Na+]. The number of hydrogen-bond acceptors (Lipinski definition) is 7. The van der Waals surface area contributed by atoms with Crippen LogP contribution in [0.4, 0.5) is 0 Å². The number of aromatic amines is 2. The molecule has 0 amide bonds. The maximum Gasteiger partial charge on any atom is 1.00 e. The molecule has 5 N–H and O–H groups in total. The van der Waals surface area contributed by atoms with E-state index in [4.69, 9.17) is 9.84 Å². The second-order valence-corrected chi connectivity index (χ2v) is 4.94. The molecular formula is C12H13N3Na2O7+2. The van der Waals surface area contributed by atoms with Crippen LogP contribution < -0.4 is 75.7 Å². The normalized spacial score (nSPS) is 26.0. The van der Waals surface area contributed by atoms with Gasteiger partial charge in [0.15, 0.2) is 11.7 Å². The van der Waals surface area contributed by atoms with E-state index < -0.39 is 47.7 Å². The Morgan fingerprint density at radius 3 is 2.42 bits per heavy atom. The molecule has 0 saturated carbocycles. The fourth-order valence-electron chi connectivity index (χ4n) is 2.48. The molecule has 0 spiro atoms. The number of fused-ring (bicyclic) bond motifs is 1. The van der Waals surface area contributed by atoms with Crippen molar-refractivity contribution in [1.82, 2.24) is 14.8 Å². The Bertz CT molecular complexity index is 893. The minimum absolute atomic E-state index is 0. The van der Waals surface area contributed by atoms with Crippen LogP contribution in [0, 0.1) is 0 Å². The number of nitrogens with zero attached hydrogens (tertiary/aromatic N) is 1. The van der Waals surface area contributed by atoms with Crippen molar-refractivity contribution in [2.75, 3.05) is 6.61 Å². The summed E-state index contributed by atoms with van der Waals surface area (Å²) in [6, 6.07) is 1.10. The van der Waals surface area contributed by atoms with Gasteiger partial charge in [0.25, 0.3) is 11.1 Å². The first kappa shape index (κ1) is 21.8. The van der Waals surface area contributed by atoms with E-state index in [1.807, 2.05) is 0 Å². The second kappa shape index (κ2) is 8.41. The summed E-state index contributed by atoms with van der Waals surface area (Å²) in [5.74, 6) is 0. The van der Waals surface area contributed by atoms with Gasteiger partial charge in [-0.2, -0.15) is 0 Å². The average molecular weight is 357 g/mol. The maximum absolute atomic E-state index is 12.4. The third kappa shape index (κ3) is 3.49. The molecule has 1 saturated heterocycles. The first-order valence-corrected chi connectivity index (χ1v) is 6.44. The number of aliphatic hydroxyl groups excluding tert-OH is 3. The second-order valence-electron chi connectivity index (χ2n) is 4.94. The molecule has 10 nitrogen and oxygen atoms in total. The quantitative estimate of drug-likeness (QED) is 0.334. The summed E-state index contributed by atoms with van der Waals surface area (Å²) in [4.78, 5) is 38.5. The van der Waals surface area contributed by atoms with Crippen LogP contribution in [0.5, 0.6) is 0 Å². The van der Waals surface area contributed by atoms with E-state index in [2.05, 4.69) is 10.1 Å². The zero-order valence-corrected chi connectivity index (χ0v) is 17.1. The number of nitrogens with one attached hydrogen (secondary N) is 2. The Labute approximate surface area is 178 Å². The number of aliphatic hydroxyl groups is 3. The van der Waals surface area contributed by atoms with E-state index in [-0.39, 0.29) is 70.0 Å². The van der Waals surface area contributed by atoms with Gasteiger partial charge in [-0.05, 0) is 0 Å². The standard InChI is InChI=1S/C12H13N3O7.2Na/c16-3-5-8(18)9(19)12(22-5)15-11(21)7-6(10(20)14-15)4(17)1-2-13-7;;/h1-2,5,8-9,12,16,18-19H,3H2,(H,13,17)(H,14,20);;/q;2*+1/t5-,8-,9-,12-;;/m1../s1. The first-order chi connectivity index (χ1) is 10.5. The van der Waals surface area contributed by atoms with Crippen molar-refractivity contribution >= 4 is 10.9 Å². The number of rotatable bonds is 2. The molecule has 2 aromatic heterocycles. The molecular weight excluding hydrogens is 344 g/mol. The molecule has 0 bridgehead atoms. The summed E-state index contributed by atoms with van der Waals surface area (Å²) in [5, 5.41) is 30.5. The molecule has 0 aliphatic carbocycles. The van der Waals surface area contributed by atoms with Crippen LogP contribution in [0.1, 0.15) is 6.23 Å². The number of ether oxygens (including phenoxy) is 1. The molecule has 118 valence electrons. The van der Waals surface area contributed by atoms with Crippen molar-refractivity contribution in [3.05, 3.63) is 43.2 Å². The summed E-state index contributed by atoms with van der Waals surface area (Å²) in [6.45, 7) is -0.571. The van der Waals surface area contributed by atoms with Gasteiger partial charge >= 0.3 is 59.1 Å². The molecule has 1 aliphatic heterocycles. The average Bonchev–Trinajstić information content (AvgIpc) is 2.78. The number of pyridine rings is 1. The van der Waals surface area contributed by atoms with Crippen molar-refractivity contribution in [2.24, 2.45) is 0 Å². The number of H-pyrrole nitrogens is 2. The van der Waals surface area contributed by atoms with Crippen LogP contribution >= 0.6 is 0 Å². The van der Waals surface area contributed by atoms with Crippen LogP contribution in [-0.4, -0.2) is 55.0 Å². The van der Waals surface area contributed by atoms with E-state index in [9.17, 15) is 24.6 Å². The van der Waals surface area contributed by atoms with E-state index in [1.165, 1.54) is 6.20 Å². The van der Waals surface area contributed by atoms with Crippen molar-refractivity contribution in [3.8, 4) is 0 Å². The number of hydrogen-bond donors (Lipinski definition) is 5. The third-order valence-electron chi connectivity index (χ3n) is 3.61. The predicted molar refractivity (Wildman–Crippen MR) is 72.5 cm³/mol. The van der Waals surface area contributed by atoms with Crippen molar-refractivity contribution < 1.29 is 79.2 Å². The monoisotopic (exact) mass is 357 g/mol. The first-order valence-electron chi connectivity index (χ1n) is 6.44. The summed E-state index contributed by atoms with van der Waals surface area (Å²) in [7, 11) is 0. The summed E-state index contributed by atoms with van der Waals surface area (Å²) < 4.78 is 5.87. The van der Waals surface area contributed by atoms with Crippen LogP contribution in [0.2, 0.25) is 0 Å². The fourth-order valence-corrected chi connectivity index (χ4v) is 2.48. The maximum atomic E-state index is 12.4. The minimum atomic E-state index is -1.53. The Morgan fingerprint density at radius 2 is 1.83 bits per heavy atom. The molecule has 0 radical (unpaired) electrons. The minimum Gasteiger partial charge on any atom is -0.394 e. The van der Waals surface area contributed by atoms with Gasteiger partial charge in [0.2, 0.25) is 0 Å². The topological polar surface area (TPSA) is 158 Å². The van der Waals surface area contributed by atoms with Gasteiger partial charge < -0.3 is 25.0 Å². The largest absolute Gasteiger partial charge is 1.00 e. The Hall–Kier alpha value is -0.270. The Balaban J connectivity index is 0.00000144. The summed E-state index contributed by atoms with van der Waals surface area (Å²) >= 11 is 0. The molecule has 3 heterocycles. The molecule has 1 fully saturated rings. The summed E-state index contributed by atoms with van der Waals surface area (Å²) in [6.07, 6.45) is -4.22. The third-order valence-corrected chi connectivity index (χ3v) is 3.61. The van der Waals surface area contributed by atoms with E-state index >= 15 is 0 Å². The van der Waals surface area contributed by atoms with Gasteiger partial charge in [0.05, 0.1) is 6.61 Å². The van der Waals surface area contributed by atoms with Gasteiger partial charge in [-0.25, -0.2) is 4.68 Å². The van der Waals surface area contributed by atoms with Gasteiger partial charge in [0.1, 0.15) is 29.2 Å². The van der Waals surface area contributed by atoms with Crippen molar-refractivity contribution in [3.63, 3.8) is 0 Å². The van der Waals surface area contributed by atoms with Crippen LogP contribution in [0.3, 0.4) is 0 Å². The zero-order valence-electron chi connectivity index (χ0n) is 13.1. The molecule has 0 aromatic carbocycles. The van der Waals surface area contributed by atoms with Gasteiger partial charge in [-0.1, -0.05) is 0 Å². The van der Waals surface area contributed by atoms with Crippen molar-refractivity contribution in [1.29, 1.82) is 0 Å². The Morgan fingerprint density at radius 1 is 1.17 bits per heavy atom. The predicted octanol–water partition coefficient (Wildman–Crippen LogP) is -9.00. The van der Waals surface area contributed by atoms with Gasteiger partial charge in [-0.3, -0.25) is 19.5 Å².